The second kappa shape index (κ2) is 9.23. The van der Waals surface area contributed by atoms with Crippen molar-refractivity contribution in [3.05, 3.63) is 54.1 Å². The number of nitriles is 1. The van der Waals surface area contributed by atoms with Crippen molar-refractivity contribution in [1.29, 1.82) is 5.26 Å². The summed E-state index contributed by atoms with van der Waals surface area (Å²) in [5.41, 5.74) is 0.782. The minimum atomic E-state index is -4.59. The first-order valence-corrected chi connectivity index (χ1v) is 11.5. The molecule has 0 unspecified atom stereocenters. The summed E-state index contributed by atoms with van der Waals surface area (Å²) in [7, 11) is 1.75. The van der Waals surface area contributed by atoms with Crippen molar-refractivity contribution < 1.29 is 17.9 Å². The van der Waals surface area contributed by atoms with Gasteiger partial charge in [-0.1, -0.05) is 6.08 Å². The van der Waals surface area contributed by atoms with Gasteiger partial charge in [0.25, 0.3) is 0 Å². The minimum Gasteiger partial charge on any atom is -0.493 e. The zero-order valence-electron chi connectivity index (χ0n) is 19.3. The molecule has 10 heteroatoms. The zero-order chi connectivity index (χ0) is 24.6. The number of imidazole rings is 1. The number of hydrogen-bond donors (Lipinski definition) is 0. The fraction of sp³-hybridized carbons (Fsp3) is 0.400. The second-order valence-corrected chi connectivity index (χ2v) is 8.91. The number of fused-ring (bicyclic) bond motifs is 2. The molecule has 1 atom stereocenters. The lowest BCUT2D eigenvalue weighted by Gasteiger charge is -2.38. The Balaban J connectivity index is 1.30. The van der Waals surface area contributed by atoms with Crippen LogP contribution in [-0.2, 0) is 13.2 Å². The lowest BCUT2D eigenvalue weighted by atomic mass is 10.1. The maximum absolute atomic E-state index is 13.9. The van der Waals surface area contributed by atoms with Crippen LogP contribution in [0.5, 0.6) is 5.75 Å². The summed E-state index contributed by atoms with van der Waals surface area (Å²) in [5.74, 6) is -0.201. The van der Waals surface area contributed by atoms with Crippen LogP contribution in [0.3, 0.4) is 0 Å². The molecule has 1 aromatic carbocycles. The lowest BCUT2D eigenvalue weighted by Crippen LogP contribution is -2.49. The summed E-state index contributed by atoms with van der Waals surface area (Å²) < 4.78 is 49.0. The van der Waals surface area contributed by atoms with Crippen molar-refractivity contribution in [1.82, 2.24) is 24.3 Å². The molecule has 1 fully saturated rings. The number of aromatic nitrogens is 3. The maximum Gasteiger partial charge on any atom is 0.419 e. The molecule has 0 amide bonds. The number of rotatable bonds is 6. The average Bonchev–Trinajstić information content (AvgIpc) is 3.47. The summed E-state index contributed by atoms with van der Waals surface area (Å²) in [6.07, 6.45) is 2.98. The van der Waals surface area contributed by atoms with Gasteiger partial charge in [0.2, 0.25) is 0 Å². The summed E-state index contributed by atoms with van der Waals surface area (Å²) in [6, 6.07) is 8.04. The smallest absolute Gasteiger partial charge is 0.419 e. The Hall–Kier alpha value is -3.58. The van der Waals surface area contributed by atoms with Crippen LogP contribution in [0.15, 0.2) is 42.9 Å². The largest absolute Gasteiger partial charge is 0.493 e. The van der Waals surface area contributed by atoms with E-state index in [0.29, 0.717) is 23.5 Å². The van der Waals surface area contributed by atoms with Crippen LogP contribution in [0.4, 0.5) is 13.2 Å². The van der Waals surface area contributed by atoms with Crippen LogP contribution in [0.1, 0.15) is 24.1 Å². The van der Waals surface area contributed by atoms with Gasteiger partial charge in [0, 0.05) is 44.8 Å². The third-order valence-corrected chi connectivity index (χ3v) is 6.59. The molecule has 2 aliphatic heterocycles. The first-order valence-electron chi connectivity index (χ1n) is 11.5. The highest BCUT2D eigenvalue weighted by Crippen LogP contribution is 2.39. The lowest BCUT2D eigenvalue weighted by molar-refractivity contribution is -0.138. The number of alkyl halides is 3. The zero-order valence-corrected chi connectivity index (χ0v) is 19.3. The van der Waals surface area contributed by atoms with E-state index in [-0.39, 0.29) is 29.3 Å². The van der Waals surface area contributed by atoms with Crippen molar-refractivity contribution in [2.45, 2.75) is 25.1 Å². The third-order valence-electron chi connectivity index (χ3n) is 6.59. The van der Waals surface area contributed by atoms with Crippen LogP contribution >= 0.6 is 0 Å². The Morgan fingerprint density at radius 1 is 1.23 bits per heavy atom. The fourth-order valence-corrected chi connectivity index (χ4v) is 4.76. The van der Waals surface area contributed by atoms with E-state index in [1.165, 1.54) is 6.07 Å². The molecule has 35 heavy (non-hydrogen) atoms. The Kier molecular flexibility index (Phi) is 6.11. The molecule has 182 valence electrons. The van der Waals surface area contributed by atoms with Gasteiger partial charge >= 0.3 is 6.18 Å². The first kappa shape index (κ1) is 23.2. The Morgan fingerprint density at radius 3 is 2.89 bits per heavy atom. The summed E-state index contributed by atoms with van der Waals surface area (Å²) in [5, 5.41) is 9.43. The van der Waals surface area contributed by atoms with Crippen molar-refractivity contribution in [3.8, 4) is 23.1 Å². The maximum atomic E-state index is 13.9. The average molecular weight is 483 g/mol. The summed E-state index contributed by atoms with van der Waals surface area (Å²) in [4.78, 5) is 13.1. The van der Waals surface area contributed by atoms with Crippen LogP contribution in [0, 0.1) is 11.3 Å². The predicted octanol–water partition coefficient (Wildman–Crippen LogP) is 4.20. The van der Waals surface area contributed by atoms with Crippen LogP contribution in [0.25, 0.3) is 22.3 Å². The Bertz CT molecular complexity index is 1310. The molecule has 0 saturated carbocycles. The highest BCUT2D eigenvalue weighted by Gasteiger charge is 2.35. The number of ether oxygens (including phenoxy) is 1. The molecule has 4 heterocycles. The van der Waals surface area contributed by atoms with Crippen LogP contribution < -0.4 is 4.74 Å². The molecule has 0 radical (unpaired) electrons. The van der Waals surface area contributed by atoms with Gasteiger partial charge in [-0.05, 0) is 43.3 Å². The first-order chi connectivity index (χ1) is 16.8. The molecule has 0 spiro atoms. The number of benzene rings is 1. The van der Waals surface area contributed by atoms with Crippen molar-refractivity contribution in [3.63, 3.8) is 0 Å². The molecule has 3 aromatic rings. The van der Waals surface area contributed by atoms with Gasteiger partial charge in [0.1, 0.15) is 17.3 Å². The summed E-state index contributed by atoms with van der Waals surface area (Å²) in [6.45, 7) is 3.88. The molecule has 7 nitrogen and oxygen atoms in total. The van der Waals surface area contributed by atoms with E-state index in [0.717, 1.165) is 38.7 Å². The second-order valence-electron chi connectivity index (χ2n) is 8.91. The van der Waals surface area contributed by atoms with E-state index in [4.69, 9.17) is 4.74 Å². The number of hydrogen-bond acceptors (Lipinski definition) is 6. The molecule has 5 rings (SSSR count). The normalized spacial score (nSPS) is 18.1. The fourth-order valence-electron chi connectivity index (χ4n) is 4.76. The minimum absolute atomic E-state index is 0.0706. The Labute approximate surface area is 201 Å². The van der Waals surface area contributed by atoms with E-state index in [1.54, 1.807) is 30.1 Å². The molecule has 2 aliphatic rings. The van der Waals surface area contributed by atoms with E-state index in [9.17, 15) is 18.4 Å². The van der Waals surface area contributed by atoms with Gasteiger partial charge < -0.3 is 14.2 Å². The highest BCUT2D eigenvalue weighted by molar-refractivity contribution is 5.84. The quantitative estimate of drug-likeness (QED) is 0.491. The van der Waals surface area contributed by atoms with Gasteiger partial charge in [-0.15, -0.1) is 0 Å². The molecule has 1 saturated heterocycles. The van der Waals surface area contributed by atoms with Crippen molar-refractivity contribution >= 4 is 11.0 Å². The highest BCUT2D eigenvalue weighted by atomic mass is 19.4. The third kappa shape index (κ3) is 4.68. The molecular weight excluding hydrogens is 457 g/mol. The number of aryl methyl sites for hydroxylation is 1. The van der Waals surface area contributed by atoms with Gasteiger partial charge in [0.15, 0.2) is 5.69 Å². The van der Waals surface area contributed by atoms with Gasteiger partial charge in [-0.3, -0.25) is 4.90 Å². The Morgan fingerprint density at radius 2 is 2.09 bits per heavy atom. The monoisotopic (exact) mass is 482 g/mol. The van der Waals surface area contributed by atoms with Crippen LogP contribution in [-0.4, -0.2) is 63.2 Å². The van der Waals surface area contributed by atoms with Gasteiger partial charge in [-0.2, -0.15) is 18.4 Å². The van der Waals surface area contributed by atoms with E-state index in [1.807, 2.05) is 6.07 Å². The van der Waals surface area contributed by atoms with Crippen molar-refractivity contribution in [2.24, 2.45) is 7.05 Å². The van der Waals surface area contributed by atoms with E-state index < -0.39 is 11.7 Å². The topological polar surface area (TPSA) is 70.2 Å². The number of pyridine rings is 1. The summed E-state index contributed by atoms with van der Waals surface area (Å²) >= 11 is 0. The van der Waals surface area contributed by atoms with Gasteiger partial charge in [0.05, 0.1) is 29.7 Å². The molecule has 0 N–H and O–H groups in total. The molecule has 2 aromatic heterocycles. The van der Waals surface area contributed by atoms with E-state index >= 15 is 0 Å². The van der Waals surface area contributed by atoms with Crippen LogP contribution in [0.2, 0.25) is 0 Å². The molecule has 0 aliphatic carbocycles. The van der Waals surface area contributed by atoms with Crippen molar-refractivity contribution in [2.75, 3.05) is 32.8 Å². The van der Waals surface area contributed by atoms with Gasteiger partial charge in [-0.25, -0.2) is 9.97 Å². The number of nitrogens with zero attached hydrogens (tertiary/aromatic N) is 6. The SMILES string of the molecule is Cn1cnc2c(C#N)nc(-c3ccc(OCCCN4CCN5C=CC[C@@H]5C4)c(C(F)(F)F)c3)cc21. The standard InChI is InChI=1S/C25H25F3N6O/c1-32-16-30-24-21(14-29)31-20(13-22(24)32)17-5-6-23(19(12-17)25(26,27)28)35-11-3-7-33-9-10-34-8-2-4-18(34)15-33/h2,5-6,8,12-13,16,18H,3-4,7,9-11,15H2,1H3/t18-/m1/s1. The van der Waals surface area contributed by atoms with E-state index in [2.05, 4.69) is 32.0 Å². The number of piperazine rings is 1. The number of halogens is 3. The molecular formula is C25H25F3N6O. The molecule has 0 bridgehead atoms. The predicted molar refractivity (Wildman–Crippen MR) is 124 cm³/mol.